The topological polar surface area (TPSA) is 67.4 Å². The smallest absolute Gasteiger partial charge is 0.412 e. The van der Waals surface area contributed by atoms with Gasteiger partial charge < -0.3 is 10.1 Å². The zero-order valence-electron chi connectivity index (χ0n) is 20.2. The molecule has 0 spiro atoms. The van der Waals surface area contributed by atoms with Crippen molar-refractivity contribution < 1.29 is 14.3 Å². The number of rotatable bonds is 15. The summed E-state index contributed by atoms with van der Waals surface area (Å²) < 4.78 is 5.74. The molecule has 0 aliphatic carbocycles. The van der Waals surface area contributed by atoms with Crippen molar-refractivity contribution in [3.8, 4) is 0 Å². The number of amides is 2. The second-order valence-corrected chi connectivity index (χ2v) is 8.66. The first-order valence-electron chi connectivity index (χ1n) is 12.5. The predicted octanol–water partition coefficient (Wildman–Crippen LogP) is 7.40. The molecular weight excluding hydrogens is 412 g/mol. The van der Waals surface area contributed by atoms with Crippen LogP contribution in [-0.2, 0) is 9.53 Å². The van der Waals surface area contributed by atoms with Crippen molar-refractivity contribution in [2.45, 2.75) is 90.2 Å². The SMILES string of the molecule is CCCCCCCCCCCC(=O)N[C@@H](C)[C@H](OC(=O)Nc1ccccc1)c1ccccc1. The lowest BCUT2D eigenvalue weighted by Crippen LogP contribution is -2.39. The molecule has 5 nitrogen and oxygen atoms in total. The minimum absolute atomic E-state index is 0.00144. The van der Waals surface area contributed by atoms with Crippen molar-refractivity contribution in [1.29, 1.82) is 0 Å². The summed E-state index contributed by atoms with van der Waals surface area (Å²) in [6, 6.07) is 18.4. The maximum Gasteiger partial charge on any atom is 0.412 e. The first-order chi connectivity index (χ1) is 16.1. The fraction of sp³-hybridized carbons (Fsp3) is 0.500. The standard InChI is InChI=1S/C28H40N2O3/c1-3-4-5-6-7-8-9-10-17-22-26(31)29-23(2)27(24-18-13-11-14-19-24)33-28(32)30-25-20-15-12-16-21-25/h11-16,18-21,23,27H,3-10,17,22H2,1-2H3,(H,29,31)(H,30,32)/t23-,27-/m0/s1. The van der Waals surface area contributed by atoms with Gasteiger partial charge in [0.2, 0.25) is 5.91 Å². The van der Waals surface area contributed by atoms with Crippen molar-refractivity contribution in [3.63, 3.8) is 0 Å². The summed E-state index contributed by atoms with van der Waals surface area (Å²) in [7, 11) is 0. The Hall–Kier alpha value is -2.82. The van der Waals surface area contributed by atoms with Gasteiger partial charge in [-0.2, -0.15) is 0 Å². The molecule has 33 heavy (non-hydrogen) atoms. The molecule has 0 radical (unpaired) electrons. The van der Waals surface area contributed by atoms with Crippen molar-refractivity contribution in [1.82, 2.24) is 5.32 Å². The number of nitrogens with one attached hydrogen (secondary N) is 2. The largest absolute Gasteiger partial charge is 0.439 e. The molecule has 0 bridgehead atoms. The molecule has 2 rings (SSSR count). The average molecular weight is 453 g/mol. The summed E-state index contributed by atoms with van der Waals surface area (Å²) in [5, 5.41) is 5.78. The fourth-order valence-corrected chi connectivity index (χ4v) is 3.88. The number of para-hydroxylation sites is 1. The van der Waals surface area contributed by atoms with Gasteiger partial charge in [0, 0.05) is 12.1 Å². The van der Waals surface area contributed by atoms with Crippen LogP contribution in [0.4, 0.5) is 10.5 Å². The zero-order valence-corrected chi connectivity index (χ0v) is 20.2. The molecule has 2 aromatic carbocycles. The Morgan fingerprint density at radius 2 is 1.33 bits per heavy atom. The molecule has 0 heterocycles. The number of benzene rings is 2. The van der Waals surface area contributed by atoms with Crippen LogP contribution in [0.5, 0.6) is 0 Å². The van der Waals surface area contributed by atoms with Crippen LogP contribution in [-0.4, -0.2) is 18.0 Å². The Balaban J connectivity index is 1.78. The lowest BCUT2D eigenvalue weighted by atomic mass is 10.0. The van der Waals surface area contributed by atoms with Gasteiger partial charge in [0.05, 0.1) is 6.04 Å². The molecular formula is C28H40N2O3. The molecule has 0 aliphatic heterocycles. The second-order valence-electron chi connectivity index (χ2n) is 8.66. The zero-order chi connectivity index (χ0) is 23.7. The Bertz CT molecular complexity index is 795. The van der Waals surface area contributed by atoms with Gasteiger partial charge in [-0.15, -0.1) is 0 Å². The van der Waals surface area contributed by atoms with E-state index in [1.165, 1.54) is 44.9 Å². The third-order valence-corrected chi connectivity index (χ3v) is 5.73. The highest BCUT2D eigenvalue weighted by Crippen LogP contribution is 2.22. The van der Waals surface area contributed by atoms with Gasteiger partial charge in [-0.3, -0.25) is 10.1 Å². The minimum atomic E-state index is -0.581. The van der Waals surface area contributed by atoms with Gasteiger partial charge in [-0.1, -0.05) is 107 Å². The molecule has 2 amide bonds. The van der Waals surface area contributed by atoms with Gasteiger partial charge in [-0.05, 0) is 31.0 Å². The number of carbonyl (C=O) groups is 2. The van der Waals surface area contributed by atoms with E-state index in [9.17, 15) is 9.59 Å². The van der Waals surface area contributed by atoms with Crippen LogP contribution in [0, 0.1) is 0 Å². The molecule has 0 fully saturated rings. The molecule has 0 aromatic heterocycles. The van der Waals surface area contributed by atoms with E-state index in [2.05, 4.69) is 17.6 Å². The monoisotopic (exact) mass is 452 g/mol. The first kappa shape index (κ1) is 26.4. The maximum atomic E-state index is 12.5. The van der Waals surface area contributed by atoms with Crippen molar-refractivity contribution in [3.05, 3.63) is 66.2 Å². The number of ether oxygens (including phenoxy) is 1. The normalized spacial score (nSPS) is 12.5. The van der Waals surface area contributed by atoms with Crippen LogP contribution in [0.15, 0.2) is 60.7 Å². The summed E-state index contributed by atoms with van der Waals surface area (Å²) in [5.41, 5.74) is 1.51. The molecule has 180 valence electrons. The third-order valence-electron chi connectivity index (χ3n) is 5.73. The molecule has 5 heteroatoms. The lowest BCUT2D eigenvalue weighted by molar-refractivity contribution is -0.122. The Kier molecular flexibility index (Phi) is 12.7. The Morgan fingerprint density at radius 3 is 1.94 bits per heavy atom. The Morgan fingerprint density at radius 1 is 0.788 bits per heavy atom. The van der Waals surface area contributed by atoms with Gasteiger partial charge in [-0.25, -0.2) is 4.79 Å². The molecule has 0 saturated carbocycles. The number of hydrogen-bond donors (Lipinski definition) is 2. The van der Waals surface area contributed by atoms with E-state index in [4.69, 9.17) is 4.74 Å². The van der Waals surface area contributed by atoms with E-state index in [0.29, 0.717) is 12.1 Å². The Labute approximate surface area is 199 Å². The summed E-state index contributed by atoms with van der Waals surface area (Å²) in [6.45, 7) is 4.11. The molecule has 0 unspecified atom stereocenters. The highest BCUT2D eigenvalue weighted by Gasteiger charge is 2.25. The van der Waals surface area contributed by atoms with E-state index in [1.807, 2.05) is 55.5 Å². The molecule has 0 saturated heterocycles. The predicted molar refractivity (Wildman–Crippen MR) is 135 cm³/mol. The van der Waals surface area contributed by atoms with Gasteiger partial charge in [0.1, 0.15) is 6.10 Å². The van der Waals surface area contributed by atoms with Crippen LogP contribution in [0.2, 0.25) is 0 Å². The van der Waals surface area contributed by atoms with Gasteiger partial charge >= 0.3 is 6.09 Å². The summed E-state index contributed by atoms with van der Waals surface area (Å²) >= 11 is 0. The molecule has 2 aromatic rings. The van der Waals surface area contributed by atoms with E-state index >= 15 is 0 Å². The van der Waals surface area contributed by atoms with Crippen molar-refractivity contribution in [2.24, 2.45) is 0 Å². The number of unbranched alkanes of at least 4 members (excludes halogenated alkanes) is 8. The van der Waals surface area contributed by atoms with Gasteiger partial charge in [0.25, 0.3) is 0 Å². The number of hydrogen-bond acceptors (Lipinski definition) is 3. The minimum Gasteiger partial charge on any atom is -0.439 e. The summed E-state index contributed by atoms with van der Waals surface area (Å²) in [4.78, 5) is 25.0. The highest BCUT2D eigenvalue weighted by molar-refractivity contribution is 5.84. The average Bonchev–Trinajstić information content (AvgIpc) is 2.82. The van der Waals surface area contributed by atoms with Crippen LogP contribution in [0.3, 0.4) is 0 Å². The quantitative estimate of drug-likeness (QED) is 0.277. The van der Waals surface area contributed by atoms with E-state index in [1.54, 1.807) is 12.1 Å². The second kappa shape index (κ2) is 15.9. The molecule has 2 atom stereocenters. The fourth-order valence-electron chi connectivity index (χ4n) is 3.88. The molecule has 2 N–H and O–H groups in total. The van der Waals surface area contributed by atoms with Gasteiger partial charge in [0.15, 0.2) is 0 Å². The number of carbonyl (C=O) groups excluding carboxylic acids is 2. The summed E-state index contributed by atoms with van der Waals surface area (Å²) in [6.07, 6.45) is 10.3. The van der Waals surface area contributed by atoms with E-state index in [-0.39, 0.29) is 11.9 Å². The highest BCUT2D eigenvalue weighted by atomic mass is 16.6. The van der Waals surface area contributed by atoms with Crippen LogP contribution in [0.25, 0.3) is 0 Å². The summed E-state index contributed by atoms with van der Waals surface area (Å²) in [5.74, 6) is -0.00144. The first-order valence-corrected chi connectivity index (χ1v) is 12.5. The molecule has 0 aliphatic rings. The van der Waals surface area contributed by atoms with Crippen molar-refractivity contribution >= 4 is 17.7 Å². The number of anilines is 1. The van der Waals surface area contributed by atoms with Crippen molar-refractivity contribution in [2.75, 3.05) is 5.32 Å². The maximum absolute atomic E-state index is 12.5. The van der Waals surface area contributed by atoms with E-state index < -0.39 is 12.2 Å². The third kappa shape index (κ3) is 11.0. The van der Waals surface area contributed by atoms with E-state index in [0.717, 1.165) is 18.4 Å². The lowest BCUT2D eigenvalue weighted by Gasteiger charge is -2.25. The van der Waals surface area contributed by atoms with Crippen LogP contribution < -0.4 is 10.6 Å². The van der Waals surface area contributed by atoms with Crippen LogP contribution >= 0.6 is 0 Å². The van der Waals surface area contributed by atoms with Crippen LogP contribution in [0.1, 0.15) is 89.7 Å².